The second-order valence-electron chi connectivity index (χ2n) is 4.07. The summed E-state index contributed by atoms with van der Waals surface area (Å²) >= 11 is 0. The van der Waals surface area contributed by atoms with Gasteiger partial charge >= 0.3 is 0 Å². The van der Waals surface area contributed by atoms with Crippen molar-refractivity contribution in [2.24, 2.45) is 5.92 Å². The van der Waals surface area contributed by atoms with Gasteiger partial charge in [0.25, 0.3) is 0 Å². The van der Waals surface area contributed by atoms with Crippen LogP contribution >= 0.6 is 0 Å². The number of nitrogens with one attached hydrogen (secondary N) is 1. The Morgan fingerprint density at radius 3 is 2.94 bits per heavy atom. The average Bonchev–Trinajstić information content (AvgIpc) is 2.90. The molecule has 0 aliphatic carbocycles. The Bertz CT molecular complexity index is 542. The summed E-state index contributed by atoms with van der Waals surface area (Å²) in [6.45, 7) is 1.64. The lowest BCUT2D eigenvalue weighted by atomic mass is 10.1. The predicted molar refractivity (Wildman–Crippen MR) is 63.1 cm³/mol. The highest BCUT2D eigenvalue weighted by molar-refractivity contribution is 7.89. The van der Waals surface area contributed by atoms with Crippen LogP contribution in [0, 0.1) is 17.2 Å². The highest BCUT2D eigenvalue weighted by atomic mass is 32.2. The fraction of sp³-hybridized carbons (Fsp3) is 0.455. The second-order valence-corrected chi connectivity index (χ2v) is 5.84. The van der Waals surface area contributed by atoms with Crippen LogP contribution in [0.5, 0.6) is 0 Å². The van der Waals surface area contributed by atoms with Crippen LogP contribution in [0.4, 0.5) is 0 Å². The van der Waals surface area contributed by atoms with Crippen LogP contribution < -0.4 is 4.72 Å². The van der Waals surface area contributed by atoms with E-state index in [1.165, 1.54) is 18.3 Å². The van der Waals surface area contributed by atoms with Crippen molar-refractivity contribution in [3.8, 4) is 6.07 Å². The number of pyridine rings is 1. The van der Waals surface area contributed by atoms with E-state index in [1.807, 2.05) is 6.07 Å². The summed E-state index contributed by atoms with van der Waals surface area (Å²) in [6.07, 6.45) is 2.06. The Hall–Kier alpha value is -1.49. The first kappa shape index (κ1) is 13.0. The van der Waals surface area contributed by atoms with Crippen LogP contribution in [0.1, 0.15) is 12.1 Å². The zero-order chi connectivity index (χ0) is 13.0. The van der Waals surface area contributed by atoms with Crippen molar-refractivity contribution >= 4 is 10.0 Å². The van der Waals surface area contributed by atoms with E-state index in [0.29, 0.717) is 19.8 Å². The van der Waals surface area contributed by atoms with E-state index >= 15 is 0 Å². The molecule has 1 fully saturated rings. The van der Waals surface area contributed by atoms with Crippen LogP contribution in [-0.4, -0.2) is 33.2 Å². The Morgan fingerprint density at radius 2 is 2.39 bits per heavy atom. The summed E-state index contributed by atoms with van der Waals surface area (Å²) in [5, 5.41) is 8.59. The fourth-order valence-electron chi connectivity index (χ4n) is 1.66. The third-order valence-electron chi connectivity index (χ3n) is 2.75. The molecule has 1 aromatic rings. The summed E-state index contributed by atoms with van der Waals surface area (Å²) in [6, 6.07) is 4.60. The number of sulfonamides is 1. The van der Waals surface area contributed by atoms with Crippen molar-refractivity contribution in [3.63, 3.8) is 0 Å². The van der Waals surface area contributed by atoms with Crippen molar-refractivity contribution in [3.05, 3.63) is 24.0 Å². The molecular weight excluding hydrogens is 254 g/mol. The average molecular weight is 267 g/mol. The minimum absolute atomic E-state index is 0.0698. The topological polar surface area (TPSA) is 92.1 Å². The normalized spacial score (nSPS) is 19.6. The molecule has 1 N–H and O–H groups in total. The van der Waals surface area contributed by atoms with Crippen molar-refractivity contribution < 1.29 is 13.2 Å². The van der Waals surface area contributed by atoms with Gasteiger partial charge in [-0.05, 0) is 24.5 Å². The number of nitriles is 1. The van der Waals surface area contributed by atoms with Gasteiger partial charge in [-0.25, -0.2) is 18.1 Å². The second kappa shape index (κ2) is 5.44. The molecule has 1 unspecified atom stereocenters. The van der Waals surface area contributed by atoms with Gasteiger partial charge in [0, 0.05) is 19.3 Å². The molecule has 1 aromatic heterocycles. The van der Waals surface area contributed by atoms with Crippen molar-refractivity contribution in [2.45, 2.75) is 11.3 Å². The lowest BCUT2D eigenvalue weighted by molar-refractivity contribution is 0.186. The Kier molecular flexibility index (Phi) is 3.91. The minimum Gasteiger partial charge on any atom is -0.381 e. The molecular formula is C11H13N3O3S. The van der Waals surface area contributed by atoms with Crippen LogP contribution in [0.15, 0.2) is 23.2 Å². The Balaban J connectivity index is 2.02. The Morgan fingerprint density at radius 1 is 1.56 bits per heavy atom. The number of aromatic nitrogens is 1. The van der Waals surface area contributed by atoms with Gasteiger partial charge in [-0.2, -0.15) is 5.26 Å². The molecule has 0 bridgehead atoms. The summed E-state index contributed by atoms with van der Waals surface area (Å²) in [4.78, 5) is 3.81. The third kappa shape index (κ3) is 3.04. The SMILES string of the molecule is N#Cc1ccc(S(=O)(=O)NCC2CCOC2)cn1. The lowest BCUT2D eigenvalue weighted by Gasteiger charge is -2.09. The molecule has 1 saturated heterocycles. The van der Waals surface area contributed by atoms with Gasteiger partial charge in [0.2, 0.25) is 10.0 Å². The number of hydrogen-bond donors (Lipinski definition) is 1. The molecule has 0 amide bonds. The first-order valence-electron chi connectivity index (χ1n) is 5.55. The zero-order valence-corrected chi connectivity index (χ0v) is 10.5. The number of nitrogens with zero attached hydrogens (tertiary/aromatic N) is 2. The molecule has 18 heavy (non-hydrogen) atoms. The van der Waals surface area contributed by atoms with Crippen LogP contribution in [-0.2, 0) is 14.8 Å². The van der Waals surface area contributed by atoms with Gasteiger partial charge in [-0.3, -0.25) is 0 Å². The summed E-state index contributed by atoms with van der Waals surface area (Å²) in [7, 11) is -3.55. The van der Waals surface area contributed by atoms with E-state index in [0.717, 1.165) is 6.42 Å². The molecule has 0 saturated carbocycles. The maximum absolute atomic E-state index is 11.9. The summed E-state index contributed by atoms with van der Waals surface area (Å²) < 4.78 is 31.5. The first-order chi connectivity index (χ1) is 8.62. The van der Waals surface area contributed by atoms with E-state index in [4.69, 9.17) is 10.00 Å². The number of ether oxygens (including phenoxy) is 1. The van der Waals surface area contributed by atoms with Gasteiger partial charge in [-0.1, -0.05) is 0 Å². The molecule has 6 nitrogen and oxygen atoms in total. The highest BCUT2D eigenvalue weighted by Gasteiger charge is 2.20. The summed E-state index contributed by atoms with van der Waals surface area (Å²) in [5.74, 6) is 0.228. The van der Waals surface area contributed by atoms with Gasteiger partial charge in [-0.15, -0.1) is 0 Å². The number of hydrogen-bond acceptors (Lipinski definition) is 5. The van der Waals surface area contributed by atoms with Gasteiger partial charge in [0.15, 0.2) is 0 Å². The highest BCUT2D eigenvalue weighted by Crippen LogP contribution is 2.13. The molecule has 96 valence electrons. The maximum atomic E-state index is 11.9. The zero-order valence-electron chi connectivity index (χ0n) is 9.67. The van der Waals surface area contributed by atoms with Crippen LogP contribution in [0.2, 0.25) is 0 Å². The molecule has 1 atom stereocenters. The quantitative estimate of drug-likeness (QED) is 0.845. The molecule has 1 aliphatic heterocycles. The molecule has 1 aliphatic rings. The Labute approximate surface area is 106 Å². The standard InChI is InChI=1S/C11H13N3O3S/c12-5-10-1-2-11(7-13-10)18(15,16)14-6-9-3-4-17-8-9/h1-2,7,9,14H,3-4,6,8H2. The van der Waals surface area contributed by atoms with E-state index in [2.05, 4.69) is 9.71 Å². The van der Waals surface area contributed by atoms with Gasteiger partial charge < -0.3 is 4.74 Å². The molecule has 0 aromatic carbocycles. The first-order valence-corrected chi connectivity index (χ1v) is 7.04. The minimum atomic E-state index is -3.55. The van der Waals surface area contributed by atoms with E-state index < -0.39 is 10.0 Å². The third-order valence-corrected chi connectivity index (χ3v) is 4.16. The molecule has 2 rings (SSSR count). The molecule has 0 spiro atoms. The fourth-order valence-corrected chi connectivity index (χ4v) is 2.72. The molecule has 7 heteroatoms. The van der Waals surface area contributed by atoms with Gasteiger partial charge in [0.1, 0.15) is 16.7 Å². The molecule has 2 heterocycles. The van der Waals surface area contributed by atoms with Crippen molar-refractivity contribution in [1.29, 1.82) is 5.26 Å². The van der Waals surface area contributed by atoms with E-state index in [9.17, 15) is 8.42 Å². The molecule has 0 radical (unpaired) electrons. The lowest BCUT2D eigenvalue weighted by Crippen LogP contribution is -2.29. The van der Waals surface area contributed by atoms with Crippen LogP contribution in [0.25, 0.3) is 0 Å². The monoisotopic (exact) mass is 267 g/mol. The maximum Gasteiger partial charge on any atom is 0.242 e. The van der Waals surface area contributed by atoms with Crippen molar-refractivity contribution in [2.75, 3.05) is 19.8 Å². The predicted octanol–water partition coefficient (Wildman–Crippen LogP) is 0.268. The summed E-state index contributed by atoms with van der Waals surface area (Å²) in [5.41, 5.74) is 0.193. The van der Waals surface area contributed by atoms with E-state index in [1.54, 1.807) is 0 Å². The van der Waals surface area contributed by atoms with E-state index in [-0.39, 0.29) is 16.5 Å². The van der Waals surface area contributed by atoms with Gasteiger partial charge in [0.05, 0.1) is 6.61 Å². The smallest absolute Gasteiger partial charge is 0.242 e. The largest absolute Gasteiger partial charge is 0.381 e. The van der Waals surface area contributed by atoms with Crippen LogP contribution in [0.3, 0.4) is 0 Å². The number of rotatable bonds is 4. The van der Waals surface area contributed by atoms with Crippen molar-refractivity contribution in [1.82, 2.24) is 9.71 Å².